The van der Waals surface area contributed by atoms with Crippen molar-refractivity contribution in [3.8, 4) is 0 Å². The molecule has 0 radical (unpaired) electrons. The van der Waals surface area contributed by atoms with Gasteiger partial charge in [-0.2, -0.15) is 0 Å². The molecule has 0 N–H and O–H groups in total. The largest absolute Gasteiger partial charge is 0.465 e. The summed E-state index contributed by atoms with van der Waals surface area (Å²) in [6.45, 7) is 11.4. The molecule has 0 heterocycles. The minimum absolute atomic E-state index is 0.00962. The average molecular weight is 657 g/mol. The van der Waals surface area contributed by atoms with Gasteiger partial charge in [0.1, 0.15) is 0 Å². The maximum absolute atomic E-state index is 12.4. The number of ether oxygens (including phenoxy) is 2. The summed E-state index contributed by atoms with van der Waals surface area (Å²) in [6.07, 6.45) is 44.9. The standard InChI is InChI=1S/C43H76O4/c1-6-8-10-12-14-16-18-20-22-24-26-28-30-32-34-36-41(44)46-38-40(43(3,4)5)39-47-42(45)37-35-33-31-29-27-25-23-21-19-17-15-13-11-9-7-2/h14-17,20-23,40H,6-13,18-19,24-39H2,1-5H3/b16-14-,17-15-,22-20-,23-21-. The van der Waals surface area contributed by atoms with Crippen LogP contribution < -0.4 is 0 Å². The van der Waals surface area contributed by atoms with Crippen LogP contribution in [0.25, 0.3) is 0 Å². The number of rotatable bonds is 32. The van der Waals surface area contributed by atoms with Gasteiger partial charge in [0, 0.05) is 18.8 Å². The molecule has 0 aliphatic carbocycles. The fourth-order valence-electron chi connectivity index (χ4n) is 5.24. The zero-order valence-corrected chi connectivity index (χ0v) is 31.7. The Morgan fingerprint density at radius 3 is 1.13 bits per heavy atom. The fraction of sp³-hybridized carbons (Fsp3) is 0.767. The molecule has 0 atom stereocenters. The van der Waals surface area contributed by atoms with Crippen LogP contribution in [0, 0.1) is 11.3 Å². The first-order valence-electron chi connectivity index (χ1n) is 19.7. The van der Waals surface area contributed by atoms with Gasteiger partial charge in [0.05, 0.1) is 13.2 Å². The molecule has 0 aliphatic heterocycles. The molecule has 0 aromatic heterocycles. The predicted molar refractivity (Wildman–Crippen MR) is 204 cm³/mol. The van der Waals surface area contributed by atoms with E-state index in [-0.39, 0.29) is 23.3 Å². The van der Waals surface area contributed by atoms with Gasteiger partial charge in [0.15, 0.2) is 0 Å². The first kappa shape index (κ1) is 44.9. The van der Waals surface area contributed by atoms with Crippen molar-refractivity contribution in [1.82, 2.24) is 0 Å². The van der Waals surface area contributed by atoms with E-state index < -0.39 is 0 Å². The quantitative estimate of drug-likeness (QED) is 0.0411. The number of carbonyl (C=O) groups is 2. The topological polar surface area (TPSA) is 52.6 Å². The highest BCUT2D eigenvalue weighted by Gasteiger charge is 2.27. The van der Waals surface area contributed by atoms with Crippen molar-refractivity contribution in [1.29, 1.82) is 0 Å². The van der Waals surface area contributed by atoms with Crippen LogP contribution in [0.15, 0.2) is 48.6 Å². The number of hydrogen-bond acceptors (Lipinski definition) is 4. The Morgan fingerprint density at radius 1 is 0.468 bits per heavy atom. The van der Waals surface area contributed by atoms with E-state index in [4.69, 9.17) is 9.47 Å². The normalized spacial score (nSPS) is 12.5. The number of hydrogen-bond donors (Lipinski definition) is 0. The van der Waals surface area contributed by atoms with E-state index in [0.717, 1.165) is 64.2 Å². The molecule has 0 aromatic rings. The molecule has 4 nitrogen and oxygen atoms in total. The lowest BCUT2D eigenvalue weighted by Gasteiger charge is -2.29. The van der Waals surface area contributed by atoms with Gasteiger partial charge >= 0.3 is 11.9 Å². The number of carbonyl (C=O) groups excluding carboxylic acids is 2. The lowest BCUT2D eigenvalue weighted by Crippen LogP contribution is -2.31. The van der Waals surface area contributed by atoms with Crippen LogP contribution in [-0.2, 0) is 19.1 Å². The zero-order valence-electron chi connectivity index (χ0n) is 31.7. The molecule has 4 heteroatoms. The van der Waals surface area contributed by atoms with E-state index in [0.29, 0.717) is 26.1 Å². The summed E-state index contributed by atoms with van der Waals surface area (Å²) >= 11 is 0. The molecule has 0 unspecified atom stereocenters. The van der Waals surface area contributed by atoms with Gasteiger partial charge < -0.3 is 9.47 Å². The average Bonchev–Trinajstić information content (AvgIpc) is 3.04. The molecule has 0 bridgehead atoms. The maximum atomic E-state index is 12.4. The van der Waals surface area contributed by atoms with Gasteiger partial charge in [-0.05, 0) is 82.5 Å². The van der Waals surface area contributed by atoms with Gasteiger partial charge in [0.25, 0.3) is 0 Å². The van der Waals surface area contributed by atoms with Crippen LogP contribution in [0.2, 0.25) is 0 Å². The van der Waals surface area contributed by atoms with Crippen molar-refractivity contribution in [3.63, 3.8) is 0 Å². The Balaban J connectivity index is 3.85. The van der Waals surface area contributed by atoms with E-state index in [2.05, 4.69) is 83.2 Å². The van der Waals surface area contributed by atoms with Crippen LogP contribution in [0.1, 0.15) is 189 Å². The van der Waals surface area contributed by atoms with Crippen molar-refractivity contribution in [3.05, 3.63) is 48.6 Å². The molecule has 272 valence electrons. The van der Waals surface area contributed by atoms with Crippen LogP contribution in [0.5, 0.6) is 0 Å². The molecular formula is C43H76O4. The Morgan fingerprint density at radius 2 is 0.787 bits per heavy atom. The molecule has 0 saturated carbocycles. The summed E-state index contributed by atoms with van der Waals surface area (Å²) in [6, 6.07) is 0. The highest BCUT2D eigenvalue weighted by Crippen LogP contribution is 2.27. The lowest BCUT2D eigenvalue weighted by atomic mass is 9.82. The summed E-state index contributed by atoms with van der Waals surface area (Å²) in [5, 5.41) is 0. The molecule has 0 saturated heterocycles. The van der Waals surface area contributed by atoms with Gasteiger partial charge in [-0.1, -0.05) is 147 Å². The minimum atomic E-state index is -0.138. The van der Waals surface area contributed by atoms with Crippen LogP contribution in [-0.4, -0.2) is 25.2 Å². The molecule has 0 aromatic carbocycles. The summed E-state index contributed by atoms with van der Waals surface area (Å²) in [4.78, 5) is 24.7. The molecule has 0 amide bonds. The second kappa shape index (κ2) is 33.8. The molecule has 47 heavy (non-hydrogen) atoms. The van der Waals surface area contributed by atoms with E-state index in [1.54, 1.807) is 0 Å². The third-order valence-corrected chi connectivity index (χ3v) is 8.78. The number of allylic oxidation sites excluding steroid dienone is 8. The van der Waals surface area contributed by atoms with Crippen LogP contribution >= 0.6 is 0 Å². The smallest absolute Gasteiger partial charge is 0.305 e. The molecule has 0 fully saturated rings. The van der Waals surface area contributed by atoms with Crippen molar-refractivity contribution < 1.29 is 19.1 Å². The van der Waals surface area contributed by atoms with Crippen molar-refractivity contribution in [2.75, 3.05) is 13.2 Å². The van der Waals surface area contributed by atoms with Crippen LogP contribution in [0.3, 0.4) is 0 Å². The van der Waals surface area contributed by atoms with Crippen molar-refractivity contribution in [2.45, 2.75) is 189 Å². The summed E-state index contributed by atoms with van der Waals surface area (Å²) in [5.74, 6) is -0.285. The van der Waals surface area contributed by atoms with E-state index in [1.165, 1.54) is 77.0 Å². The first-order chi connectivity index (χ1) is 22.8. The minimum Gasteiger partial charge on any atom is -0.465 e. The molecular weight excluding hydrogens is 580 g/mol. The second-order valence-corrected chi connectivity index (χ2v) is 14.4. The molecule has 0 rings (SSSR count). The lowest BCUT2D eigenvalue weighted by molar-refractivity contribution is -0.151. The Labute approximate surface area is 292 Å². The van der Waals surface area contributed by atoms with Crippen molar-refractivity contribution in [2.24, 2.45) is 11.3 Å². The Bertz CT molecular complexity index is 767. The Hall–Kier alpha value is -2.10. The highest BCUT2D eigenvalue weighted by molar-refractivity contribution is 5.69. The monoisotopic (exact) mass is 657 g/mol. The fourth-order valence-corrected chi connectivity index (χ4v) is 5.24. The zero-order chi connectivity index (χ0) is 34.7. The van der Waals surface area contributed by atoms with E-state index >= 15 is 0 Å². The third kappa shape index (κ3) is 33.6. The van der Waals surface area contributed by atoms with Gasteiger partial charge in [-0.25, -0.2) is 0 Å². The second-order valence-electron chi connectivity index (χ2n) is 14.4. The SMILES string of the molecule is CCCCC/C=C\C/C=C\CCCCCCCC(=O)OCC(COC(=O)CCCCCCC/C=C\C/C=C\CCCCC)C(C)(C)C. The van der Waals surface area contributed by atoms with E-state index in [9.17, 15) is 9.59 Å². The Kier molecular flexibility index (Phi) is 32.3. The number of esters is 2. The third-order valence-electron chi connectivity index (χ3n) is 8.78. The molecule has 0 spiro atoms. The van der Waals surface area contributed by atoms with Gasteiger partial charge in [0.2, 0.25) is 0 Å². The predicted octanol–water partition coefficient (Wildman–Crippen LogP) is 13.4. The highest BCUT2D eigenvalue weighted by atomic mass is 16.5. The molecule has 0 aliphatic rings. The summed E-state index contributed by atoms with van der Waals surface area (Å²) < 4.78 is 11.2. The first-order valence-corrected chi connectivity index (χ1v) is 19.7. The maximum Gasteiger partial charge on any atom is 0.305 e. The van der Waals surface area contributed by atoms with Gasteiger partial charge in [-0.3, -0.25) is 9.59 Å². The summed E-state index contributed by atoms with van der Waals surface area (Å²) in [7, 11) is 0. The summed E-state index contributed by atoms with van der Waals surface area (Å²) in [5.41, 5.74) is -0.112. The van der Waals surface area contributed by atoms with Crippen molar-refractivity contribution >= 4 is 11.9 Å². The number of unbranched alkanes of at least 4 members (excludes halogenated alkanes) is 16. The van der Waals surface area contributed by atoms with E-state index in [1.807, 2.05) is 0 Å². The van der Waals surface area contributed by atoms with Crippen LogP contribution in [0.4, 0.5) is 0 Å². The van der Waals surface area contributed by atoms with Gasteiger partial charge in [-0.15, -0.1) is 0 Å².